The topological polar surface area (TPSA) is 64.4 Å². The van der Waals surface area contributed by atoms with Crippen LogP contribution in [0.5, 0.6) is 0 Å². The molecule has 2 unspecified atom stereocenters. The molecule has 0 aromatic heterocycles. The van der Waals surface area contributed by atoms with E-state index in [4.69, 9.17) is 10.5 Å². The number of rotatable bonds is 1. The quantitative estimate of drug-likeness (QED) is 0.588. The largest absolute Gasteiger partial charge is 0.367 e. The molecular formula is C11H14N2O2. The van der Waals surface area contributed by atoms with E-state index in [1.54, 1.807) is 6.08 Å². The summed E-state index contributed by atoms with van der Waals surface area (Å²) in [5, 5.41) is 3.26. The van der Waals surface area contributed by atoms with E-state index in [-0.39, 0.29) is 12.1 Å². The van der Waals surface area contributed by atoms with Crippen LogP contribution in [0.1, 0.15) is 0 Å². The maximum absolute atomic E-state index is 11.2. The van der Waals surface area contributed by atoms with Crippen molar-refractivity contribution in [1.82, 2.24) is 5.32 Å². The lowest BCUT2D eigenvalue weighted by molar-refractivity contribution is -0.116. The maximum Gasteiger partial charge on any atom is 0.247 e. The minimum absolute atomic E-state index is 0.0300. The number of nitrogens with two attached hydrogens (primary N) is 1. The minimum Gasteiger partial charge on any atom is -0.367 e. The second-order valence-corrected chi connectivity index (χ2v) is 3.53. The zero-order chi connectivity index (χ0) is 10.7. The average Bonchev–Trinajstić information content (AvgIpc) is 2.17. The highest BCUT2D eigenvalue weighted by Crippen LogP contribution is 2.18. The molecule has 0 fully saturated rings. The Kier molecular flexibility index (Phi) is 2.99. The summed E-state index contributed by atoms with van der Waals surface area (Å²) in [5.74, 6) is -0.416. The maximum atomic E-state index is 11.2. The number of hydrogen-bond acceptors (Lipinski definition) is 3. The van der Waals surface area contributed by atoms with Crippen molar-refractivity contribution in [3.8, 4) is 0 Å². The summed E-state index contributed by atoms with van der Waals surface area (Å²) < 4.78 is 5.59. The van der Waals surface area contributed by atoms with Gasteiger partial charge in [0.1, 0.15) is 6.10 Å². The lowest BCUT2D eigenvalue weighted by Gasteiger charge is -2.29. The Balaban J connectivity index is 2.21. The highest BCUT2D eigenvalue weighted by atomic mass is 16.5. The Morgan fingerprint density at radius 1 is 1.53 bits per heavy atom. The summed E-state index contributed by atoms with van der Waals surface area (Å²) in [6.45, 7) is 1.29. The van der Waals surface area contributed by atoms with Crippen LogP contribution in [0.25, 0.3) is 0 Å². The molecule has 0 spiro atoms. The zero-order valence-electron chi connectivity index (χ0n) is 8.35. The van der Waals surface area contributed by atoms with Crippen molar-refractivity contribution in [1.29, 1.82) is 0 Å². The number of fused-ring (bicyclic) bond motifs is 1. The Hall–Kier alpha value is -1.39. The standard InChI is InChI=1S/C11H14N2O2/c12-11(14)8-4-3-5-9-10(8)15-7-2-1-6-13-9/h1-5,9-10,13H,6-7H2,(H2,12,14). The molecule has 0 aromatic carbocycles. The third-order valence-electron chi connectivity index (χ3n) is 2.52. The van der Waals surface area contributed by atoms with E-state index < -0.39 is 5.91 Å². The number of hydrogen-bond donors (Lipinski definition) is 2. The van der Waals surface area contributed by atoms with E-state index in [0.29, 0.717) is 12.2 Å². The predicted molar refractivity (Wildman–Crippen MR) is 57.1 cm³/mol. The number of primary amides is 1. The molecule has 1 aliphatic carbocycles. The van der Waals surface area contributed by atoms with Gasteiger partial charge in [-0.05, 0) is 0 Å². The Morgan fingerprint density at radius 3 is 3.20 bits per heavy atom. The van der Waals surface area contributed by atoms with E-state index in [1.165, 1.54) is 0 Å². The van der Waals surface area contributed by atoms with Crippen molar-refractivity contribution in [2.45, 2.75) is 12.1 Å². The summed E-state index contributed by atoms with van der Waals surface area (Å²) in [6.07, 6.45) is 9.21. The number of amides is 1. The first-order chi connectivity index (χ1) is 7.29. The van der Waals surface area contributed by atoms with E-state index in [9.17, 15) is 4.79 Å². The van der Waals surface area contributed by atoms with Gasteiger partial charge in [-0.15, -0.1) is 0 Å². The van der Waals surface area contributed by atoms with E-state index in [1.807, 2.05) is 24.3 Å². The average molecular weight is 206 g/mol. The van der Waals surface area contributed by atoms with Crippen molar-refractivity contribution in [3.05, 3.63) is 36.0 Å². The fourth-order valence-electron chi connectivity index (χ4n) is 1.77. The highest BCUT2D eigenvalue weighted by molar-refractivity contribution is 5.93. The van der Waals surface area contributed by atoms with Crippen molar-refractivity contribution in [3.63, 3.8) is 0 Å². The van der Waals surface area contributed by atoms with E-state index in [0.717, 1.165) is 6.54 Å². The zero-order valence-corrected chi connectivity index (χ0v) is 8.35. The SMILES string of the molecule is NC(=O)C1=CC=CC2NCC=CCOC12. The van der Waals surface area contributed by atoms with Crippen LogP contribution < -0.4 is 11.1 Å². The molecule has 0 radical (unpaired) electrons. The molecule has 1 aliphatic heterocycles. The van der Waals surface area contributed by atoms with Gasteiger partial charge in [-0.1, -0.05) is 30.4 Å². The lowest BCUT2D eigenvalue weighted by atomic mass is 9.96. The molecule has 4 heteroatoms. The summed E-state index contributed by atoms with van der Waals surface area (Å²) >= 11 is 0. The van der Waals surface area contributed by atoms with Gasteiger partial charge in [-0.25, -0.2) is 0 Å². The third kappa shape index (κ3) is 2.16. The molecule has 2 atom stereocenters. The lowest BCUT2D eigenvalue weighted by Crippen LogP contribution is -2.45. The normalized spacial score (nSPS) is 30.0. The van der Waals surface area contributed by atoms with Gasteiger partial charge in [0.05, 0.1) is 12.6 Å². The number of ether oxygens (including phenoxy) is 1. The highest BCUT2D eigenvalue weighted by Gasteiger charge is 2.28. The van der Waals surface area contributed by atoms with Gasteiger partial charge in [-0.3, -0.25) is 4.79 Å². The van der Waals surface area contributed by atoms with Crippen LogP contribution in [0, 0.1) is 0 Å². The van der Waals surface area contributed by atoms with Crippen molar-refractivity contribution in [2.24, 2.45) is 5.73 Å². The Morgan fingerprint density at radius 2 is 2.40 bits per heavy atom. The first kappa shape index (κ1) is 10.1. The fourth-order valence-corrected chi connectivity index (χ4v) is 1.77. The van der Waals surface area contributed by atoms with Crippen LogP contribution in [-0.4, -0.2) is 31.2 Å². The van der Waals surface area contributed by atoms with Gasteiger partial charge < -0.3 is 15.8 Å². The first-order valence-electron chi connectivity index (χ1n) is 4.97. The summed E-state index contributed by atoms with van der Waals surface area (Å²) in [4.78, 5) is 11.2. The summed E-state index contributed by atoms with van der Waals surface area (Å²) in [7, 11) is 0. The molecule has 0 saturated heterocycles. The van der Waals surface area contributed by atoms with Crippen LogP contribution in [0.15, 0.2) is 36.0 Å². The number of allylic oxidation sites excluding steroid dienone is 2. The van der Waals surface area contributed by atoms with Gasteiger partial charge in [0.15, 0.2) is 0 Å². The second-order valence-electron chi connectivity index (χ2n) is 3.53. The molecule has 1 amide bonds. The first-order valence-corrected chi connectivity index (χ1v) is 4.97. The third-order valence-corrected chi connectivity index (χ3v) is 2.52. The molecule has 0 bridgehead atoms. The Bertz CT molecular complexity index is 344. The molecule has 3 N–H and O–H groups in total. The summed E-state index contributed by atoms with van der Waals surface area (Å²) in [6, 6.07) is 0.0300. The second kappa shape index (κ2) is 4.42. The van der Waals surface area contributed by atoms with Crippen LogP contribution >= 0.6 is 0 Å². The van der Waals surface area contributed by atoms with Crippen LogP contribution in [0.4, 0.5) is 0 Å². The van der Waals surface area contributed by atoms with E-state index >= 15 is 0 Å². The number of carbonyl (C=O) groups is 1. The van der Waals surface area contributed by atoms with Gasteiger partial charge in [0.2, 0.25) is 5.91 Å². The molecular weight excluding hydrogens is 192 g/mol. The number of carbonyl (C=O) groups excluding carboxylic acids is 1. The van der Waals surface area contributed by atoms with Crippen molar-refractivity contribution < 1.29 is 9.53 Å². The van der Waals surface area contributed by atoms with Crippen molar-refractivity contribution >= 4 is 5.91 Å². The molecule has 0 saturated carbocycles. The predicted octanol–water partition coefficient (Wildman–Crippen LogP) is -0.119. The van der Waals surface area contributed by atoms with E-state index in [2.05, 4.69) is 5.32 Å². The van der Waals surface area contributed by atoms with Crippen LogP contribution in [0.2, 0.25) is 0 Å². The smallest absolute Gasteiger partial charge is 0.247 e. The molecule has 1 heterocycles. The van der Waals surface area contributed by atoms with Crippen LogP contribution in [0.3, 0.4) is 0 Å². The minimum atomic E-state index is -0.416. The summed E-state index contributed by atoms with van der Waals surface area (Å²) in [5.41, 5.74) is 5.83. The van der Waals surface area contributed by atoms with Gasteiger partial charge >= 0.3 is 0 Å². The molecule has 2 rings (SSSR count). The van der Waals surface area contributed by atoms with Crippen LogP contribution in [-0.2, 0) is 9.53 Å². The number of nitrogens with one attached hydrogen (secondary N) is 1. The Labute approximate surface area is 88.5 Å². The fraction of sp³-hybridized carbons (Fsp3) is 0.364. The molecule has 80 valence electrons. The van der Waals surface area contributed by atoms with Gasteiger partial charge in [-0.2, -0.15) is 0 Å². The monoisotopic (exact) mass is 206 g/mol. The molecule has 4 nitrogen and oxygen atoms in total. The van der Waals surface area contributed by atoms with Gasteiger partial charge in [0.25, 0.3) is 0 Å². The molecule has 15 heavy (non-hydrogen) atoms. The van der Waals surface area contributed by atoms with Gasteiger partial charge in [0, 0.05) is 12.1 Å². The van der Waals surface area contributed by atoms with Crippen molar-refractivity contribution in [2.75, 3.05) is 13.2 Å². The molecule has 0 aromatic rings. The molecule has 2 aliphatic rings.